The van der Waals surface area contributed by atoms with Crippen LogP contribution in [0.25, 0.3) is 0 Å². The first kappa shape index (κ1) is 19.7. The van der Waals surface area contributed by atoms with Gasteiger partial charge >= 0.3 is 12.0 Å². The van der Waals surface area contributed by atoms with Crippen molar-refractivity contribution in [1.29, 1.82) is 0 Å². The zero-order valence-corrected chi connectivity index (χ0v) is 14.2. The molecule has 2 amide bonds. The third-order valence-corrected chi connectivity index (χ3v) is 3.57. The average Bonchev–Trinajstić information content (AvgIpc) is 2.36. The lowest BCUT2D eigenvalue weighted by atomic mass is 9.85. The molecule has 0 heterocycles. The maximum absolute atomic E-state index is 12.4. The molecule has 0 aliphatic carbocycles. The molecule has 0 aliphatic heterocycles. The Hall–Kier alpha value is -1.26. The fourth-order valence-electron chi connectivity index (χ4n) is 2.00. The Balaban J connectivity index is 4.75. The molecular weight excluding hydrogens is 268 g/mol. The van der Waals surface area contributed by atoms with E-state index < -0.39 is 5.97 Å². The SMILES string of the molecule is CCCCN(CCCC)C(=O)NC(CC(=O)O)C(C)(C)C. The highest BCUT2D eigenvalue weighted by atomic mass is 16.4. The third kappa shape index (κ3) is 8.58. The predicted octanol–water partition coefficient (Wildman–Crippen LogP) is 3.49. The summed E-state index contributed by atoms with van der Waals surface area (Å²) in [5.41, 5.74) is -0.283. The van der Waals surface area contributed by atoms with Crippen molar-refractivity contribution in [3.8, 4) is 0 Å². The number of unbranched alkanes of at least 4 members (excludes halogenated alkanes) is 2. The molecule has 0 fully saturated rings. The molecule has 1 atom stereocenters. The second kappa shape index (κ2) is 9.64. The van der Waals surface area contributed by atoms with Gasteiger partial charge in [-0.05, 0) is 18.3 Å². The summed E-state index contributed by atoms with van der Waals surface area (Å²) in [7, 11) is 0. The summed E-state index contributed by atoms with van der Waals surface area (Å²) in [6, 6.07) is -0.508. The molecule has 5 nitrogen and oxygen atoms in total. The van der Waals surface area contributed by atoms with E-state index in [9.17, 15) is 9.59 Å². The van der Waals surface area contributed by atoms with Gasteiger partial charge < -0.3 is 15.3 Å². The summed E-state index contributed by atoms with van der Waals surface area (Å²) < 4.78 is 0. The number of aliphatic carboxylic acids is 1. The van der Waals surface area contributed by atoms with Gasteiger partial charge in [0.25, 0.3) is 0 Å². The number of hydrogen-bond acceptors (Lipinski definition) is 2. The van der Waals surface area contributed by atoms with E-state index in [2.05, 4.69) is 19.2 Å². The Bertz CT molecular complexity index is 316. The Morgan fingerprint density at radius 1 is 1.10 bits per heavy atom. The molecule has 0 aromatic carbocycles. The van der Waals surface area contributed by atoms with E-state index in [0.717, 1.165) is 38.8 Å². The van der Waals surface area contributed by atoms with Gasteiger partial charge in [-0.2, -0.15) is 0 Å². The van der Waals surface area contributed by atoms with E-state index in [0.29, 0.717) is 0 Å². The Labute approximate surface area is 129 Å². The Kier molecular flexibility index (Phi) is 9.06. The maximum atomic E-state index is 12.4. The van der Waals surface area contributed by atoms with E-state index >= 15 is 0 Å². The number of hydrogen-bond donors (Lipinski definition) is 2. The lowest BCUT2D eigenvalue weighted by molar-refractivity contribution is -0.138. The number of nitrogens with one attached hydrogen (secondary N) is 1. The van der Waals surface area contributed by atoms with E-state index in [-0.39, 0.29) is 23.9 Å². The molecular formula is C16H32N2O3. The molecule has 0 bridgehead atoms. The number of carboxylic acid groups (broad SMARTS) is 1. The molecule has 2 N–H and O–H groups in total. The first-order chi connectivity index (χ1) is 9.72. The first-order valence-electron chi connectivity index (χ1n) is 7.99. The Morgan fingerprint density at radius 3 is 1.90 bits per heavy atom. The van der Waals surface area contributed by atoms with Crippen molar-refractivity contribution in [1.82, 2.24) is 10.2 Å². The summed E-state index contributed by atoms with van der Waals surface area (Å²) >= 11 is 0. The molecule has 0 rings (SSSR count). The topological polar surface area (TPSA) is 69.6 Å². The molecule has 21 heavy (non-hydrogen) atoms. The van der Waals surface area contributed by atoms with Gasteiger partial charge in [0.1, 0.15) is 0 Å². The maximum Gasteiger partial charge on any atom is 0.317 e. The summed E-state index contributed by atoms with van der Waals surface area (Å²) in [5.74, 6) is -0.885. The second-order valence-corrected chi connectivity index (χ2v) is 6.66. The first-order valence-corrected chi connectivity index (χ1v) is 7.99. The zero-order chi connectivity index (χ0) is 16.5. The van der Waals surface area contributed by atoms with Gasteiger partial charge in [0.05, 0.1) is 6.42 Å². The zero-order valence-electron chi connectivity index (χ0n) is 14.2. The molecule has 0 spiro atoms. The molecule has 0 saturated carbocycles. The molecule has 0 aromatic heterocycles. The van der Waals surface area contributed by atoms with Crippen LogP contribution in [-0.4, -0.2) is 41.1 Å². The van der Waals surface area contributed by atoms with Crippen molar-refractivity contribution in [3.05, 3.63) is 0 Å². The number of carbonyl (C=O) groups is 2. The van der Waals surface area contributed by atoms with Crippen molar-refractivity contribution in [2.24, 2.45) is 5.41 Å². The molecule has 0 aliphatic rings. The van der Waals surface area contributed by atoms with Crippen LogP contribution in [0.1, 0.15) is 66.7 Å². The quantitative estimate of drug-likeness (QED) is 0.685. The van der Waals surface area contributed by atoms with Gasteiger partial charge in [-0.1, -0.05) is 47.5 Å². The Morgan fingerprint density at radius 2 is 1.57 bits per heavy atom. The van der Waals surface area contributed by atoms with Crippen LogP contribution in [0.4, 0.5) is 4.79 Å². The summed E-state index contributed by atoms with van der Waals surface area (Å²) in [6.45, 7) is 11.5. The molecule has 5 heteroatoms. The van der Waals surface area contributed by atoms with Gasteiger partial charge in [-0.25, -0.2) is 4.79 Å². The summed E-state index contributed by atoms with van der Waals surface area (Å²) in [6.07, 6.45) is 3.96. The van der Waals surface area contributed by atoms with Crippen LogP contribution in [0.5, 0.6) is 0 Å². The number of carbonyl (C=O) groups excluding carboxylic acids is 1. The number of amides is 2. The smallest absolute Gasteiger partial charge is 0.317 e. The predicted molar refractivity (Wildman–Crippen MR) is 85.4 cm³/mol. The van der Waals surface area contributed by atoms with E-state index in [4.69, 9.17) is 5.11 Å². The van der Waals surface area contributed by atoms with Crippen LogP contribution in [0.15, 0.2) is 0 Å². The summed E-state index contributed by atoms with van der Waals surface area (Å²) in [4.78, 5) is 25.2. The minimum absolute atomic E-state index is 0.0510. The molecule has 124 valence electrons. The molecule has 0 saturated heterocycles. The van der Waals surface area contributed by atoms with Gasteiger partial charge in [-0.3, -0.25) is 4.79 Å². The minimum atomic E-state index is -0.885. The van der Waals surface area contributed by atoms with Crippen molar-refractivity contribution in [2.75, 3.05) is 13.1 Å². The van der Waals surface area contributed by atoms with E-state index in [1.54, 1.807) is 0 Å². The van der Waals surface area contributed by atoms with E-state index in [1.807, 2.05) is 25.7 Å². The lowest BCUT2D eigenvalue weighted by Crippen LogP contribution is -2.50. The minimum Gasteiger partial charge on any atom is -0.481 e. The normalized spacial score (nSPS) is 12.8. The van der Waals surface area contributed by atoms with E-state index in [1.165, 1.54) is 0 Å². The van der Waals surface area contributed by atoms with Gasteiger partial charge in [0.2, 0.25) is 0 Å². The van der Waals surface area contributed by atoms with Crippen LogP contribution < -0.4 is 5.32 Å². The fraction of sp³-hybridized carbons (Fsp3) is 0.875. The number of urea groups is 1. The average molecular weight is 300 g/mol. The monoisotopic (exact) mass is 300 g/mol. The highest BCUT2D eigenvalue weighted by molar-refractivity contribution is 5.76. The van der Waals surface area contributed by atoms with Crippen LogP contribution in [-0.2, 0) is 4.79 Å². The molecule has 0 aromatic rings. The number of rotatable bonds is 9. The van der Waals surface area contributed by atoms with Gasteiger partial charge in [0.15, 0.2) is 0 Å². The number of nitrogens with zero attached hydrogens (tertiary/aromatic N) is 1. The van der Waals surface area contributed by atoms with Gasteiger partial charge in [0, 0.05) is 19.1 Å². The van der Waals surface area contributed by atoms with Crippen LogP contribution in [0.3, 0.4) is 0 Å². The highest BCUT2D eigenvalue weighted by Crippen LogP contribution is 2.22. The largest absolute Gasteiger partial charge is 0.481 e. The van der Waals surface area contributed by atoms with Crippen LogP contribution >= 0.6 is 0 Å². The molecule has 0 radical (unpaired) electrons. The highest BCUT2D eigenvalue weighted by Gasteiger charge is 2.29. The van der Waals surface area contributed by atoms with Crippen molar-refractivity contribution >= 4 is 12.0 Å². The fourth-order valence-corrected chi connectivity index (χ4v) is 2.00. The van der Waals surface area contributed by atoms with Gasteiger partial charge in [-0.15, -0.1) is 0 Å². The molecule has 1 unspecified atom stereocenters. The standard InChI is InChI=1S/C16H32N2O3/c1-6-8-10-18(11-9-7-2)15(21)17-13(12-14(19)20)16(3,4)5/h13H,6-12H2,1-5H3,(H,17,21)(H,19,20). The lowest BCUT2D eigenvalue weighted by Gasteiger charge is -2.33. The van der Waals surface area contributed by atoms with Crippen LogP contribution in [0, 0.1) is 5.41 Å². The van der Waals surface area contributed by atoms with Crippen molar-refractivity contribution in [3.63, 3.8) is 0 Å². The van der Waals surface area contributed by atoms with Crippen LogP contribution in [0.2, 0.25) is 0 Å². The summed E-state index contributed by atoms with van der Waals surface area (Å²) in [5, 5.41) is 11.9. The van der Waals surface area contributed by atoms with Crippen molar-refractivity contribution in [2.45, 2.75) is 72.8 Å². The van der Waals surface area contributed by atoms with Crippen molar-refractivity contribution < 1.29 is 14.7 Å². The third-order valence-electron chi connectivity index (χ3n) is 3.57. The number of carboxylic acids is 1. The second-order valence-electron chi connectivity index (χ2n) is 6.66.